The predicted molar refractivity (Wildman–Crippen MR) is 136 cm³/mol. The Morgan fingerprint density at radius 3 is 2.47 bits per heavy atom. The van der Waals surface area contributed by atoms with Gasteiger partial charge in [-0.25, -0.2) is 0 Å². The molecule has 0 saturated heterocycles. The lowest BCUT2D eigenvalue weighted by atomic mass is 10.0. The topological polar surface area (TPSA) is 68.2 Å². The molecule has 0 amide bonds. The van der Waals surface area contributed by atoms with Crippen LogP contribution >= 0.6 is 12.2 Å². The van der Waals surface area contributed by atoms with Gasteiger partial charge in [-0.05, 0) is 63.9 Å². The molecule has 0 saturated carbocycles. The quantitative estimate of drug-likeness (QED) is 0.506. The highest BCUT2D eigenvalue weighted by Gasteiger charge is 2.30. The van der Waals surface area contributed by atoms with Crippen molar-refractivity contribution in [2.75, 3.05) is 23.5 Å². The van der Waals surface area contributed by atoms with E-state index in [1.54, 1.807) is 7.11 Å². The lowest BCUT2D eigenvalue weighted by Crippen LogP contribution is -2.46. The number of phenolic OH excluding ortho intramolecular Hbond substituents is 2. The molecule has 3 rings (SSSR count). The predicted octanol–water partition coefficient (Wildman–Crippen LogP) is 5.03. The van der Waals surface area contributed by atoms with Gasteiger partial charge in [0.25, 0.3) is 0 Å². The summed E-state index contributed by atoms with van der Waals surface area (Å²) in [6.07, 6.45) is 2.47. The van der Waals surface area contributed by atoms with Crippen molar-refractivity contribution >= 4 is 34.3 Å². The summed E-state index contributed by atoms with van der Waals surface area (Å²) < 4.78 is 5.66. The molecule has 0 bridgehead atoms. The van der Waals surface area contributed by atoms with E-state index < -0.39 is 0 Å². The van der Waals surface area contributed by atoms with Crippen molar-refractivity contribution in [3.63, 3.8) is 0 Å². The summed E-state index contributed by atoms with van der Waals surface area (Å²) in [6.45, 7) is 11.3. The first-order valence-corrected chi connectivity index (χ1v) is 11.4. The summed E-state index contributed by atoms with van der Waals surface area (Å²) in [6, 6.07) is 9.49. The highest BCUT2D eigenvalue weighted by atomic mass is 32.1. The lowest BCUT2D eigenvalue weighted by molar-refractivity contribution is 0.413. The maximum atomic E-state index is 10.7. The van der Waals surface area contributed by atoms with E-state index in [1.807, 2.05) is 38.2 Å². The molecule has 1 aliphatic heterocycles. The molecule has 172 valence electrons. The highest BCUT2D eigenvalue weighted by molar-refractivity contribution is 7.80. The van der Waals surface area contributed by atoms with Crippen molar-refractivity contribution in [3.05, 3.63) is 47.7 Å². The number of hydrogen-bond acceptors (Lipinski definition) is 6. The molecule has 0 unspecified atom stereocenters. The second-order valence-electron chi connectivity index (χ2n) is 8.17. The number of hydrogen-bond donors (Lipinski definition) is 3. The number of methoxy groups -OCH3 is 1. The van der Waals surface area contributed by atoms with E-state index >= 15 is 0 Å². The second-order valence-corrected chi connectivity index (χ2v) is 8.61. The zero-order valence-electron chi connectivity index (χ0n) is 19.6. The van der Waals surface area contributed by atoms with Gasteiger partial charge in [-0.1, -0.05) is 19.1 Å². The normalized spacial score (nSPS) is 16.1. The van der Waals surface area contributed by atoms with Crippen molar-refractivity contribution in [1.82, 2.24) is 5.32 Å². The Balaban J connectivity index is 2.19. The fourth-order valence-corrected chi connectivity index (χ4v) is 4.37. The van der Waals surface area contributed by atoms with Gasteiger partial charge in [0.1, 0.15) is 22.2 Å². The highest BCUT2D eigenvalue weighted by Crippen LogP contribution is 2.41. The van der Waals surface area contributed by atoms with Crippen molar-refractivity contribution in [2.45, 2.75) is 53.1 Å². The summed E-state index contributed by atoms with van der Waals surface area (Å²) in [5.74, 6) is 0.917. The molecule has 3 N–H and O–H groups in total. The molecular weight excluding hydrogens is 422 g/mol. The zero-order valence-corrected chi connectivity index (χ0v) is 20.5. The van der Waals surface area contributed by atoms with Crippen LogP contribution in [0.3, 0.4) is 0 Å². The Morgan fingerprint density at radius 2 is 1.88 bits per heavy atom. The van der Waals surface area contributed by atoms with Crippen LogP contribution < -0.4 is 19.9 Å². The minimum Gasteiger partial charge on any atom is -0.508 e. The monoisotopic (exact) mass is 455 g/mol. The number of benzene rings is 2. The Kier molecular flexibility index (Phi) is 7.19. The molecule has 0 aliphatic carbocycles. The van der Waals surface area contributed by atoms with Gasteiger partial charge in [-0.3, -0.25) is 0 Å². The number of phenols is 2. The number of nitrogens with zero attached hydrogens (tertiary/aromatic N) is 2. The van der Waals surface area contributed by atoms with E-state index in [1.165, 1.54) is 6.07 Å². The van der Waals surface area contributed by atoms with Gasteiger partial charge >= 0.3 is 0 Å². The molecule has 32 heavy (non-hydrogen) atoms. The van der Waals surface area contributed by atoms with Crippen LogP contribution in [-0.2, 0) is 6.42 Å². The standard InChI is InChI=1S/C25H33N3O3S/c1-7-17-11-19(23(30)13-22(17)29)21-14-26-25(32)16(5)28(21)18-9-10-24(31-6)20(12-18)27(8-2)15(3)4/h9-16,29-30H,7-8H2,1-6H3,(H,26,32)/t16-/m1/s1. The molecule has 1 aliphatic rings. The average Bonchev–Trinajstić information content (AvgIpc) is 2.76. The number of aryl methyl sites for hydroxylation is 1. The van der Waals surface area contributed by atoms with Gasteiger partial charge < -0.3 is 30.1 Å². The Morgan fingerprint density at radius 1 is 1.16 bits per heavy atom. The first-order valence-electron chi connectivity index (χ1n) is 11.0. The van der Waals surface area contributed by atoms with E-state index in [-0.39, 0.29) is 17.5 Å². The van der Waals surface area contributed by atoms with Crippen LogP contribution in [0, 0.1) is 0 Å². The van der Waals surface area contributed by atoms with Gasteiger partial charge in [0, 0.05) is 36.1 Å². The van der Waals surface area contributed by atoms with Gasteiger partial charge in [0.15, 0.2) is 0 Å². The number of thiocarbonyl (C=S) groups is 1. The lowest BCUT2D eigenvalue weighted by Gasteiger charge is -2.38. The van der Waals surface area contributed by atoms with E-state index in [0.717, 1.165) is 34.9 Å². The van der Waals surface area contributed by atoms with Gasteiger partial charge in [-0.15, -0.1) is 0 Å². The fourth-order valence-electron chi connectivity index (χ4n) is 4.20. The smallest absolute Gasteiger partial charge is 0.142 e. The van der Waals surface area contributed by atoms with Crippen molar-refractivity contribution < 1.29 is 14.9 Å². The van der Waals surface area contributed by atoms with Crippen LogP contribution in [0.4, 0.5) is 11.4 Å². The van der Waals surface area contributed by atoms with Crippen LogP contribution in [-0.4, -0.2) is 40.9 Å². The molecule has 1 atom stereocenters. The minimum absolute atomic E-state index is 0.0175. The van der Waals surface area contributed by atoms with Gasteiger partial charge in [0.05, 0.1) is 24.5 Å². The average molecular weight is 456 g/mol. The van der Waals surface area contributed by atoms with Crippen molar-refractivity contribution in [2.24, 2.45) is 0 Å². The summed E-state index contributed by atoms with van der Waals surface area (Å²) >= 11 is 5.57. The molecule has 2 aromatic rings. The van der Waals surface area contributed by atoms with Gasteiger partial charge in [0.2, 0.25) is 0 Å². The molecule has 0 radical (unpaired) electrons. The maximum Gasteiger partial charge on any atom is 0.142 e. The Hall–Kier alpha value is -2.93. The molecule has 0 spiro atoms. The van der Waals surface area contributed by atoms with E-state index in [2.05, 4.69) is 42.0 Å². The van der Waals surface area contributed by atoms with Crippen molar-refractivity contribution in [3.8, 4) is 17.2 Å². The van der Waals surface area contributed by atoms with Crippen LogP contribution in [0.25, 0.3) is 5.70 Å². The third kappa shape index (κ3) is 4.35. The fraction of sp³-hybridized carbons (Fsp3) is 0.400. The van der Waals surface area contributed by atoms with E-state index in [9.17, 15) is 10.2 Å². The largest absolute Gasteiger partial charge is 0.508 e. The van der Waals surface area contributed by atoms with Crippen LogP contribution in [0.15, 0.2) is 36.5 Å². The third-order valence-corrected chi connectivity index (χ3v) is 6.40. The minimum atomic E-state index is -0.140. The second kappa shape index (κ2) is 9.69. The third-order valence-electron chi connectivity index (χ3n) is 5.95. The van der Waals surface area contributed by atoms with E-state index in [4.69, 9.17) is 17.0 Å². The summed E-state index contributed by atoms with van der Waals surface area (Å²) in [5, 5.41) is 24.0. The zero-order chi connectivity index (χ0) is 23.6. The molecule has 2 aromatic carbocycles. The number of nitrogens with one attached hydrogen (secondary N) is 1. The molecule has 0 fully saturated rings. The number of aromatic hydroxyl groups is 2. The first-order chi connectivity index (χ1) is 15.2. The number of ether oxygens (including phenoxy) is 1. The van der Waals surface area contributed by atoms with Crippen molar-refractivity contribution in [1.29, 1.82) is 0 Å². The summed E-state index contributed by atoms with van der Waals surface area (Å²) in [5.41, 5.74) is 4.12. The molecular formula is C25H33N3O3S. The number of anilines is 2. The molecule has 7 heteroatoms. The maximum absolute atomic E-state index is 10.7. The number of rotatable bonds is 7. The van der Waals surface area contributed by atoms with Crippen LogP contribution in [0.2, 0.25) is 0 Å². The van der Waals surface area contributed by atoms with Crippen LogP contribution in [0.1, 0.15) is 45.7 Å². The Bertz CT molecular complexity index is 1040. The summed E-state index contributed by atoms with van der Waals surface area (Å²) in [4.78, 5) is 5.09. The van der Waals surface area contributed by atoms with Gasteiger partial charge in [-0.2, -0.15) is 0 Å². The molecule has 6 nitrogen and oxygen atoms in total. The van der Waals surface area contributed by atoms with E-state index in [0.29, 0.717) is 23.0 Å². The SMILES string of the molecule is CCc1cc(C2=CNC(=S)[C@@H](C)N2c2ccc(OC)c(N(CC)C(C)C)c2)c(O)cc1O. The summed E-state index contributed by atoms with van der Waals surface area (Å²) in [7, 11) is 1.68. The Labute approximate surface area is 196 Å². The molecule has 0 aromatic heterocycles. The first kappa shape index (κ1) is 23.7. The van der Waals surface area contributed by atoms with Crippen LogP contribution in [0.5, 0.6) is 17.2 Å². The molecule has 1 heterocycles.